The fraction of sp³-hybridized carbons (Fsp3) is 0.841. The van der Waals surface area contributed by atoms with Gasteiger partial charge in [-0.2, -0.15) is 0 Å². The molecule has 10 nitrogen and oxygen atoms in total. The average molecular weight is 755 g/mol. The van der Waals surface area contributed by atoms with E-state index < -0.39 is 23.4 Å². The molecule has 0 heterocycles. The number of amides is 2. The van der Waals surface area contributed by atoms with Crippen molar-refractivity contribution in [1.82, 2.24) is 10.6 Å². The lowest BCUT2D eigenvalue weighted by Crippen LogP contribution is -2.65. The van der Waals surface area contributed by atoms with E-state index in [1.165, 1.54) is 5.57 Å². The number of carbonyl (C=O) groups excluding carboxylic acids is 3. The van der Waals surface area contributed by atoms with Gasteiger partial charge >= 0.3 is 17.9 Å². The molecule has 0 aromatic rings. The van der Waals surface area contributed by atoms with Crippen LogP contribution >= 0.6 is 0 Å². The summed E-state index contributed by atoms with van der Waals surface area (Å²) >= 11 is 0. The third kappa shape index (κ3) is 7.49. The van der Waals surface area contributed by atoms with Crippen molar-refractivity contribution in [1.29, 1.82) is 0 Å². The van der Waals surface area contributed by atoms with Gasteiger partial charge in [-0.25, -0.2) is 4.79 Å². The summed E-state index contributed by atoms with van der Waals surface area (Å²) in [5.74, 6) is -1.64. The normalized spacial score (nSPS) is 36.9. The fourth-order valence-corrected chi connectivity index (χ4v) is 12.8. The maximum atomic E-state index is 14.4. The SMILES string of the molecule is CC(C)[C@H](NC(=O)CCCNC(=O)[C@]12CCC(C)(C)CC1C1=CCC3[C@@]4(C)CC[C@H](OC(=O)CCCC(=O)O)C(C)(C)C4CC[C@@]3(C)[C@]1(C)CC2)C(=O)O. The third-order valence-corrected chi connectivity index (χ3v) is 16.2. The number of carboxylic acid groups (broad SMARTS) is 2. The van der Waals surface area contributed by atoms with Crippen LogP contribution in [0, 0.1) is 56.2 Å². The minimum atomic E-state index is -1.04. The van der Waals surface area contributed by atoms with E-state index in [9.17, 15) is 29.1 Å². The molecule has 0 bridgehead atoms. The second kappa shape index (κ2) is 15.2. The maximum Gasteiger partial charge on any atom is 0.326 e. The number of fused-ring (bicyclic) bond motifs is 7. The molecule has 3 unspecified atom stereocenters. The number of esters is 1. The van der Waals surface area contributed by atoms with Crippen molar-refractivity contribution in [3.05, 3.63) is 11.6 Å². The number of aliphatic carboxylic acids is 2. The highest BCUT2D eigenvalue weighted by Gasteiger charge is 2.69. The maximum absolute atomic E-state index is 14.4. The van der Waals surface area contributed by atoms with Gasteiger partial charge in [0, 0.05) is 31.2 Å². The van der Waals surface area contributed by atoms with Crippen LogP contribution in [0.5, 0.6) is 0 Å². The zero-order valence-corrected chi connectivity index (χ0v) is 34.7. The summed E-state index contributed by atoms with van der Waals surface area (Å²) in [7, 11) is 0. The molecule has 9 atom stereocenters. The van der Waals surface area contributed by atoms with Crippen LogP contribution in [0.4, 0.5) is 0 Å². The zero-order valence-electron chi connectivity index (χ0n) is 34.7. The molecule has 54 heavy (non-hydrogen) atoms. The zero-order chi connectivity index (χ0) is 40.1. The third-order valence-electron chi connectivity index (χ3n) is 16.2. The van der Waals surface area contributed by atoms with E-state index >= 15 is 0 Å². The van der Waals surface area contributed by atoms with Crippen molar-refractivity contribution in [3.8, 4) is 0 Å². The van der Waals surface area contributed by atoms with Crippen LogP contribution in [0.25, 0.3) is 0 Å². The number of hydrogen-bond donors (Lipinski definition) is 4. The molecule has 0 spiro atoms. The molecule has 5 aliphatic rings. The number of allylic oxidation sites excluding steroid dienone is 2. The predicted octanol–water partition coefficient (Wildman–Crippen LogP) is 8.08. The number of carboxylic acids is 2. The summed E-state index contributed by atoms with van der Waals surface area (Å²) in [5.41, 5.74) is 1.01. The molecule has 4 fully saturated rings. The van der Waals surface area contributed by atoms with E-state index in [2.05, 4.69) is 65.2 Å². The quantitative estimate of drug-likeness (QED) is 0.0835. The van der Waals surface area contributed by atoms with Gasteiger partial charge in [-0.3, -0.25) is 19.2 Å². The predicted molar refractivity (Wildman–Crippen MR) is 207 cm³/mol. The number of hydrogen-bond acceptors (Lipinski definition) is 6. The van der Waals surface area contributed by atoms with Gasteiger partial charge in [-0.1, -0.05) is 74.0 Å². The lowest BCUT2D eigenvalue weighted by Gasteiger charge is -2.71. The Kier molecular flexibility index (Phi) is 11.9. The van der Waals surface area contributed by atoms with Gasteiger partial charge < -0.3 is 25.6 Å². The van der Waals surface area contributed by atoms with E-state index in [1.807, 2.05) is 0 Å². The second-order valence-corrected chi connectivity index (χ2v) is 20.4. The fourth-order valence-electron chi connectivity index (χ4n) is 12.8. The monoisotopic (exact) mass is 755 g/mol. The van der Waals surface area contributed by atoms with Crippen molar-refractivity contribution in [3.63, 3.8) is 0 Å². The smallest absolute Gasteiger partial charge is 0.326 e. The Morgan fingerprint density at radius 1 is 0.833 bits per heavy atom. The molecule has 304 valence electrons. The molecule has 10 heteroatoms. The summed E-state index contributed by atoms with van der Waals surface area (Å²) in [6, 6.07) is -0.925. The van der Waals surface area contributed by atoms with Gasteiger partial charge in [0.1, 0.15) is 12.1 Å². The lowest BCUT2D eigenvalue weighted by atomic mass is 9.33. The molecule has 0 aromatic heterocycles. The van der Waals surface area contributed by atoms with Gasteiger partial charge in [-0.05, 0) is 122 Å². The van der Waals surface area contributed by atoms with Crippen LogP contribution in [-0.4, -0.2) is 58.6 Å². The highest BCUT2D eigenvalue weighted by Crippen LogP contribution is 2.76. The van der Waals surface area contributed by atoms with Gasteiger partial charge in [0.2, 0.25) is 11.8 Å². The molecule has 5 aliphatic carbocycles. The van der Waals surface area contributed by atoms with Crippen LogP contribution in [0.15, 0.2) is 11.6 Å². The molecule has 0 radical (unpaired) electrons. The first-order valence-corrected chi connectivity index (χ1v) is 21.0. The molecule has 2 amide bonds. The van der Waals surface area contributed by atoms with Gasteiger partial charge in [-0.15, -0.1) is 0 Å². The van der Waals surface area contributed by atoms with Crippen LogP contribution in [0.2, 0.25) is 0 Å². The molecule has 4 N–H and O–H groups in total. The minimum absolute atomic E-state index is 0.0286. The van der Waals surface area contributed by atoms with Crippen LogP contribution in [0.3, 0.4) is 0 Å². The summed E-state index contributed by atoms with van der Waals surface area (Å²) in [6.45, 7) is 20.7. The highest BCUT2D eigenvalue weighted by molar-refractivity contribution is 5.85. The van der Waals surface area contributed by atoms with E-state index in [0.29, 0.717) is 31.2 Å². The number of rotatable bonds is 13. The average Bonchev–Trinajstić information content (AvgIpc) is 3.06. The van der Waals surface area contributed by atoms with E-state index in [0.717, 1.165) is 64.2 Å². The van der Waals surface area contributed by atoms with E-state index in [-0.39, 0.29) is 82.1 Å². The molecule has 4 saturated carbocycles. The molecule has 0 aromatic carbocycles. The summed E-state index contributed by atoms with van der Waals surface area (Å²) in [6.07, 6.45) is 13.0. The Balaban J connectivity index is 1.33. The molecule has 0 aliphatic heterocycles. The second-order valence-electron chi connectivity index (χ2n) is 20.4. The first-order chi connectivity index (χ1) is 25.0. The van der Waals surface area contributed by atoms with Crippen molar-refractivity contribution in [2.45, 2.75) is 171 Å². The summed E-state index contributed by atoms with van der Waals surface area (Å²) < 4.78 is 6.12. The van der Waals surface area contributed by atoms with Crippen molar-refractivity contribution in [2.75, 3.05) is 6.54 Å². The van der Waals surface area contributed by atoms with Gasteiger partial charge in [0.15, 0.2) is 0 Å². The standard InChI is InChI=1S/C44H70N2O8/c1-27(2)36(37(51)52)46-33(47)12-11-25-45-38(53)44-23-21-39(3,4)26-29(44)28-15-16-31-41(7)19-18-32(54-35(50)14-10-13-34(48)49)40(5,6)30(41)17-20-43(31,9)42(28,8)22-24-44/h15,27,29-32,36H,10-14,16-26H2,1-9H3,(H,45,53)(H,46,47)(H,48,49)(H,51,52)/t29?,30?,31?,32-,36-,41-,42+,43+,44-/m0/s1. The number of ether oxygens (including phenoxy) is 1. The van der Waals surface area contributed by atoms with E-state index in [4.69, 9.17) is 9.84 Å². The first kappa shape index (κ1) is 42.2. The van der Waals surface area contributed by atoms with Crippen LogP contribution in [0.1, 0.15) is 159 Å². The van der Waals surface area contributed by atoms with Crippen LogP contribution in [-0.2, 0) is 28.7 Å². The molecule has 0 saturated heterocycles. The van der Waals surface area contributed by atoms with Crippen molar-refractivity contribution in [2.24, 2.45) is 56.2 Å². The van der Waals surface area contributed by atoms with E-state index in [1.54, 1.807) is 13.8 Å². The minimum Gasteiger partial charge on any atom is -0.481 e. The number of carbonyl (C=O) groups is 5. The first-order valence-electron chi connectivity index (χ1n) is 21.0. The van der Waals surface area contributed by atoms with Crippen molar-refractivity contribution < 1.29 is 38.9 Å². The molecular formula is C44H70N2O8. The van der Waals surface area contributed by atoms with Gasteiger partial charge in [0.05, 0.1) is 5.41 Å². The Hall–Kier alpha value is -2.91. The summed E-state index contributed by atoms with van der Waals surface area (Å²) in [5, 5.41) is 24.4. The Bertz CT molecular complexity index is 1520. The highest BCUT2D eigenvalue weighted by atomic mass is 16.5. The molecular weight excluding hydrogens is 684 g/mol. The van der Waals surface area contributed by atoms with Crippen molar-refractivity contribution >= 4 is 29.7 Å². The van der Waals surface area contributed by atoms with Crippen LogP contribution < -0.4 is 10.6 Å². The topological polar surface area (TPSA) is 159 Å². The Morgan fingerprint density at radius 2 is 1.52 bits per heavy atom. The van der Waals surface area contributed by atoms with Gasteiger partial charge in [0.25, 0.3) is 0 Å². The Labute approximate surface area is 323 Å². The summed E-state index contributed by atoms with van der Waals surface area (Å²) in [4.78, 5) is 62.4. The lowest BCUT2D eigenvalue weighted by molar-refractivity contribution is -0.213. The largest absolute Gasteiger partial charge is 0.481 e. The molecule has 5 rings (SSSR count). The number of nitrogens with one attached hydrogen (secondary N) is 2. The Morgan fingerprint density at radius 3 is 2.17 bits per heavy atom.